The van der Waals surface area contributed by atoms with Gasteiger partial charge in [0, 0.05) is 5.56 Å². The molecule has 0 bridgehead atoms. The fourth-order valence-electron chi connectivity index (χ4n) is 2.47. The molecular weight excluding hydrogens is 376 g/mol. The number of nitrogens with one attached hydrogen (secondary N) is 2. The predicted molar refractivity (Wildman–Crippen MR) is 109 cm³/mol. The Balaban J connectivity index is 1.63. The van der Waals surface area contributed by atoms with E-state index in [9.17, 15) is 9.59 Å². The Labute approximate surface area is 166 Å². The molecule has 8 heteroatoms. The van der Waals surface area contributed by atoms with Crippen LogP contribution in [0.15, 0.2) is 48.5 Å². The highest BCUT2D eigenvalue weighted by Crippen LogP contribution is 2.26. The second-order valence-corrected chi connectivity index (χ2v) is 7.14. The van der Waals surface area contributed by atoms with Gasteiger partial charge in [-0.3, -0.25) is 14.9 Å². The van der Waals surface area contributed by atoms with E-state index < -0.39 is 11.9 Å². The lowest BCUT2D eigenvalue weighted by Gasteiger charge is -2.14. The number of aryl methyl sites for hydroxylation is 1. The number of carbonyl (C=O) groups excluding carboxylic acids is 2. The maximum absolute atomic E-state index is 12.4. The third-order valence-electron chi connectivity index (χ3n) is 4.05. The molecule has 0 saturated carbocycles. The molecule has 144 valence electrons. The molecule has 2 amide bonds. The number of hydrogen-bond donors (Lipinski definition) is 2. The van der Waals surface area contributed by atoms with E-state index in [4.69, 9.17) is 4.74 Å². The minimum atomic E-state index is -0.760. The summed E-state index contributed by atoms with van der Waals surface area (Å²) in [5.41, 5.74) is 2.45. The Morgan fingerprint density at radius 2 is 1.79 bits per heavy atom. The molecule has 1 aromatic heterocycles. The Morgan fingerprint density at radius 3 is 2.50 bits per heavy atom. The van der Waals surface area contributed by atoms with Gasteiger partial charge in [-0.25, -0.2) is 0 Å². The van der Waals surface area contributed by atoms with Gasteiger partial charge in [-0.15, -0.1) is 10.2 Å². The molecule has 0 unspecified atom stereocenters. The SMILES string of the molecule is COc1ccccc1C(=O)N[C@@H](C)C(=O)Nc1nnc(-c2ccc(C)cc2)s1. The highest BCUT2D eigenvalue weighted by molar-refractivity contribution is 7.18. The number of amides is 2. The molecule has 1 atom stereocenters. The smallest absolute Gasteiger partial charge is 0.255 e. The lowest BCUT2D eigenvalue weighted by molar-refractivity contribution is -0.117. The molecule has 1 heterocycles. The highest BCUT2D eigenvalue weighted by atomic mass is 32.1. The van der Waals surface area contributed by atoms with E-state index in [0.717, 1.165) is 11.1 Å². The number of ether oxygens (including phenoxy) is 1. The summed E-state index contributed by atoms with van der Waals surface area (Å²) in [5.74, 6) is -0.327. The van der Waals surface area contributed by atoms with Crippen molar-refractivity contribution in [3.05, 3.63) is 59.7 Å². The van der Waals surface area contributed by atoms with E-state index in [1.54, 1.807) is 31.2 Å². The van der Waals surface area contributed by atoms with E-state index in [1.165, 1.54) is 18.4 Å². The number of rotatable bonds is 6. The molecule has 3 rings (SSSR count). The summed E-state index contributed by atoms with van der Waals surface area (Å²) in [6.45, 7) is 3.61. The van der Waals surface area contributed by atoms with Crippen molar-refractivity contribution in [1.29, 1.82) is 0 Å². The second-order valence-electron chi connectivity index (χ2n) is 6.16. The number of methoxy groups -OCH3 is 1. The summed E-state index contributed by atoms with van der Waals surface area (Å²) in [7, 11) is 1.49. The normalized spacial score (nSPS) is 11.5. The topological polar surface area (TPSA) is 93.2 Å². The van der Waals surface area contributed by atoms with Crippen molar-refractivity contribution in [2.75, 3.05) is 12.4 Å². The van der Waals surface area contributed by atoms with Gasteiger partial charge in [-0.2, -0.15) is 0 Å². The minimum Gasteiger partial charge on any atom is -0.496 e. The molecular formula is C20H20N4O3S. The van der Waals surface area contributed by atoms with E-state index >= 15 is 0 Å². The zero-order chi connectivity index (χ0) is 20.1. The van der Waals surface area contributed by atoms with Gasteiger partial charge in [0.2, 0.25) is 11.0 Å². The zero-order valence-electron chi connectivity index (χ0n) is 15.7. The van der Waals surface area contributed by atoms with Crippen LogP contribution in [0.25, 0.3) is 10.6 Å². The first kappa shape index (κ1) is 19.5. The average Bonchev–Trinajstić information content (AvgIpc) is 3.16. The van der Waals surface area contributed by atoms with Crippen LogP contribution in [0.2, 0.25) is 0 Å². The largest absolute Gasteiger partial charge is 0.496 e. The molecule has 7 nitrogen and oxygen atoms in total. The monoisotopic (exact) mass is 396 g/mol. The third-order valence-corrected chi connectivity index (χ3v) is 4.93. The first-order valence-electron chi connectivity index (χ1n) is 8.63. The van der Waals surface area contributed by atoms with Gasteiger partial charge in [0.05, 0.1) is 12.7 Å². The lowest BCUT2D eigenvalue weighted by Crippen LogP contribution is -2.41. The number of nitrogens with zero attached hydrogens (tertiary/aromatic N) is 2. The molecule has 0 spiro atoms. The molecule has 0 aliphatic heterocycles. The van der Waals surface area contributed by atoms with Crippen molar-refractivity contribution in [3.8, 4) is 16.3 Å². The van der Waals surface area contributed by atoms with Gasteiger partial charge in [0.25, 0.3) is 5.91 Å². The van der Waals surface area contributed by atoms with Gasteiger partial charge in [0.1, 0.15) is 16.8 Å². The quantitative estimate of drug-likeness (QED) is 0.667. The first-order chi connectivity index (χ1) is 13.5. The van der Waals surface area contributed by atoms with Crippen molar-refractivity contribution in [2.24, 2.45) is 0 Å². The van der Waals surface area contributed by atoms with E-state index in [0.29, 0.717) is 21.5 Å². The molecule has 0 aliphatic carbocycles. The zero-order valence-corrected chi connectivity index (χ0v) is 16.5. The van der Waals surface area contributed by atoms with Crippen molar-refractivity contribution in [1.82, 2.24) is 15.5 Å². The average molecular weight is 396 g/mol. The highest BCUT2D eigenvalue weighted by Gasteiger charge is 2.20. The maximum Gasteiger partial charge on any atom is 0.255 e. The number of benzene rings is 2. The Morgan fingerprint density at radius 1 is 1.07 bits per heavy atom. The van der Waals surface area contributed by atoms with E-state index in [1.807, 2.05) is 31.2 Å². The van der Waals surface area contributed by atoms with Gasteiger partial charge < -0.3 is 10.1 Å². The molecule has 2 N–H and O–H groups in total. The van der Waals surface area contributed by atoms with Crippen LogP contribution in [0.5, 0.6) is 5.75 Å². The molecule has 2 aromatic carbocycles. The molecule has 0 radical (unpaired) electrons. The van der Waals surface area contributed by atoms with Crippen LogP contribution in [0.1, 0.15) is 22.8 Å². The van der Waals surface area contributed by atoms with Crippen LogP contribution >= 0.6 is 11.3 Å². The molecule has 0 fully saturated rings. The van der Waals surface area contributed by atoms with Crippen LogP contribution in [-0.2, 0) is 4.79 Å². The second kappa shape index (κ2) is 8.62. The molecule has 28 heavy (non-hydrogen) atoms. The number of anilines is 1. The molecule has 0 saturated heterocycles. The van der Waals surface area contributed by atoms with Crippen LogP contribution in [0, 0.1) is 6.92 Å². The van der Waals surface area contributed by atoms with E-state index in [2.05, 4.69) is 20.8 Å². The fourth-order valence-corrected chi connectivity index (χ4v) is 3.22. The summed E-state index contributed by atoms with van der Waals surface area (Å²) < 4.78 is 5.18. The number of para-hydroxylation sites is 1. The number of aromatic nitrogens is 2. The van der Waals surface area contributed by atoms with Crippen LogP contribution < -0.4 is 15.4 Å². The van der Waals surface area contributed by atoms with Crippen molar-refractivity contribution in [3.63, 3.8) is 0 Å². The van der Waals surface area contributed by atoms with Crippen molar-refractivity contribution >= 4 is 28.3 Å². The summed E-state index contributed by atoms with van der Waals surface area (Å²) in [6, 6.07) is 14.0. The Bertz CT molecular complexity index is 985. The van der Waals surface area contributed by atoms with Crippen molar-refractivity contribution < 1.29 is 14.3 Å². The van der Waals surface area contributed by atoms with Gasteiger partial charge in [-0.05, 0) is 26.0 Å². The van der Waals surface area contributed by atoms with Crippen LogP contribution in [-0.4, -0.2) is 35.2 Å². The first-order valence-corrected chi connectivity index (χ1v) is 9.45. The Hall–Kier alpha value is -3.26. The van der Waals surface area contributed by atoms with Crippen molar-refractivity contribution in [2.45, 2.75) is 19.9 Å². The summed E-state index contributed by atoms with van der Waals surface area (Å²) in [4.78, 5) is 24.8. The van der Waals surface area contributed by atoms with E-state index in [-0.39, 0.29) is 5.91 Å². The maximum atomic E-state index is 12.4. The van der Waals surface area contributed by atoms with Gasteiger partial charge in [0.15, 0.2) is 0 Å². The lowest BCUT2D eigenvalue weighted by atomic mass is 10.1. The van der Waals surface area contributed by atoms with Crippen LogP contribution in [0.4, 0.5) is 5.13 Å². The fraction of sp³-hybridized carbons (Fsp3) is 0.200. The summed E-state index contributed by atoms with van der Waals surface area (Å²) in [6.07, 6.45) is 0. The standard InChI is InChI=1S/C20H20N4O3S/c1-12-8-10-14(11-9-12)19-23-24-20(28-19)22-17(25)13(2)21-18(26)15-6-4-5-7-16(15)27-3/h4-11,13H,1-3H3,(H,21,26)(H,22,24,25)/t13-/m0/s1. The molecule has 3 aromatic rings. The van der Waals surface area contributed by atoms with Gasteiger partial charge in [-0.1, -0.05) is 53.3 Å². The Kier molecular flexibility index (Phi) is 6.00. The number of carbonyl (C=O) groups is 2. The summed E-state index contributed by atoms with van der Waals surface area (Å²) >= 11 is 1.27. The molecule has 0 aliphatic rings. The number of hydrogen-bond acceptors (Lipinski definition) is 6. The van der Waals surface area contributed by atoms with Gasteiger partial charge >= 0.3 is 0 Å². The summed E-state index contributed by atoms with van der Waals surface area (Å²) in [5, 5.41) is 14.5. The predicted octanol–water partition coefficient (Wildman–Crippen LogP) is 3.28. The minimum absolute atomic E-state index is 0.363. The van der Waals surface area contributed by atoms with Crippen LogP contribution in [0.3, 0.4) is 0 Å². The third kappa shape index (κ3) is 4.52.